The van der Waals surface area contributed by atoms with Crippen molar-refractivity contribution >= 4 is 35.3 Å². The number of nitrogens with zero attached hydrogens (tertiary/aromatic N) is 2. The Morgan fingerprint density at radius 1 is 1.06 bits per heavy atom. The molecule has 0 aromatic heterocycles. The van der Waals surface area contributed by atoms with Crippen molar-refractivity contribution < 1.29 is 22.8 Å². The molecule has 0 saturated carbocycles. The minimum absolute atomic E-state index is 0.0692. The van der Waals surface area contributed by atoms with Crippen LogP contribution in [0, 0.1) is 11.8 Å². The zero-order valence-corrected chi connectivity index (χ0v) is 19.2. The highest BCUT2D eigenvalue weighted by Crippen LogP contribution is 2.42. The van der Waals surface area contributed by atoms with Crippen LogP contribution in [0.4, 0.5) is 18.9 Å². The summed E-state index contributed by atoms with van der Waals surface area (Å²) in [5, 5.41) is 0. The molecule has 0 aliphatic carbocycles. The molecule has 4 nitrogen and oxygen atoms in total. The Bertz CT molecular complexity index is 1070. The third-order valence-corrected chi connectivity index (χ3v) is 6.96. The monoisotopic (exact) mass is 474 g/mol. The average molecular weight is 475 g/mol. The maximum absolute atomic E-state index is 13.4. The van der Waals surface area contributed by atoms with Crippen LogP contribution in [-0.2, 0) is 15.8 Å². The summed E-state index contributed by atoms with van der Waals surface area (Å²) in [6.07, 6.45) is -1.77. The normalized spacial score (nSPS) is 22.5. The van der Waals surface area contributed by atoms with Gasteiger partial charge >= 0.3 is 6.18 Å². The number of rotatable bonds is 3. The largest absolute Gasteiger partial charge is 0.416 e. The molecule has 2 aliphatic rings. The Morgan fingerprint density at radius 3 is 2.33 bits per heavy atom. The van der Waals surface area contributed by atoms with E-state index >= 15 is 0 Å². The van der Waals surface area contributed by atoms with Crippen LogP contribution < -0.4 is 4.90 Å². The number of likely N-dealkylation sites (tertiary alicyclic amines) is 1. The molecule has 1 fully saturated rings. The first-order chi connectivity index (χ1) is 15.6. The van der Waals surface area contributed by atoms with Gasteiger partial charge in [-0.15, -0.1) is 0 Å². The summed E-state index contributed by atoms with van der Waals surface area (Å²) in [6.45, 7) is 5.53. The molecule has 8 heteroatoms. The summed E-state index contributed by atoms with van der Waals surface area (Å²) >= 11 is 1.26. The minimum Gasteiger partial charge on any atom is -0.341 e. The lowest BCUT2D eigenvalue weighted by molar-refractivity contribution is -0.137. The number of amides is 2. The molecule has 2 amide bonds. The lowest BCUT2D eigenvalue weighted by Crippen LogP contribution is -2.49. The first kappa shape index (κ1) is 23.4. The maximum atomic E-state index is 13.4. The van der Waals surface area contributed by atoms with E-state index in [0.717, 1.165) is 23.4 Å². The van der Waals surface area contributed by atoms with E-state index in [1.165, 1.54) is 28.8 Å². The second-order valence-electron chi connectivity index (χ2n) is 8.83. The molecule has 2 aromatic carbocycles. The number of hydrogen-bond acceptors (Lipinski definition) is 3. The number of thioether (sulfide) groups is 1. The van der Waals surface area contributed by atoms with E-state index in [2.05, 4.69) is 13.8 Å². The number of benzene rings is 2. The highest BCUT2D eigenvalue weighted by molar-refractivity contribution is 8.04. The zero-order valence-electron chi connectivity index (χ0n) is 18.4. The molecule has 0 bridgehead atoms. The van der Waals surface area contributed by atoms with Gasteiger partial charge in [0, 0.05) is 18.0 Å². The van der Waals surface area contributed by atoms with Crippen molar-refractivity contribution in [1.29, 1.82) is 0 Å². The quantitative estimate of drug-likeness (QED) is 0.537. The number of alkyl halides is 3. The van der Waals surface area contributed by atoms with Crippen LogP contribution in [0.1, 0.15) is 31.4 Å². The molecule has 0 N–H and O–H groups in total. The van der Waals surface area contributed by atoms with Crippen molar-refractivity contribution in [3.05, 3.63) is 64.6 Å². The first-order valence-corrected chi connectivity index (χ1v) is 11.7. The maximum Gasteiger partial charge on any atom is 0.416 e. The van der Waals surface area contributed by atoms with Crippen LogP contribution >= 0.6 is 11.8 Å². The van der Waals surface area contributed by atoms with Crippen LogP contribution in [0.2, 0.25) is 0 Å². The molecule has 0 spiro atoms. The molecule has 33 heavy (non-hydrogen) atoms. The average Bonchev–Trinajstić information content (AvgIpc) is 2.75. The molecule has 2 aromatic rings. The molecule has 2 heterocycles. The lowest BCUT2D eigenvalue weighted by atomic mass is 9.92. The van der Waals surface area contributed by atoms with Gasteiger partial charge in [0.25, 0.3) is 5.91 Å². The third-order valence-electron chi connectivity index (χ3n) is 5.88. The standard InChI is InChI=1S/C25H25F3N2O2S/c1-16-11-17(2)14-29(13-16)23(31)15-30-20-5-3-4-6-21(20)33-22(24(30)32)12-18-7-9-19(10-8-18)25(26,27)28/h3-10,12,16-17H,11,13-15H2,1-2H3. The number of carbonyl (C=O) groups excluding carboxylic acids is 2. The van der Waals surface area contributed by atoms with Crippen molar-refractivity contribution in [3.8, 4) is 0 Å². The van der Waals surface area contributed by atoms with E-state index in [9.17, 15) is 22.8 Å². The number of fused-ring (bicyclic) bond motifs is 1. The molecule has 174 valence electrons. The number of piperidine rings is 1. The Labute approximate surface area is 195 Å². The van der Waals surface area contributed by atoms with Gasteiger partial charge < -0.3 is 4.90 Å². The SMILES string of the molecule is CC1CC(C)CN(C(=O)CN2C(=O)C(=Cc3ccc(C(F)(F)F)cc3)Sc3ccccc32)C1. The van der Waals surface area contributed by atoms with Crippen LogP contribution in [0.25, 0.3) is 6.08 Å². The second-order valence-corrected chi connectivity index (χ2v) is 9.92. The Hall–Kier alpha value is -2.74. The van der Waals surface area contributed by atoms with E-state index < -0.39 is 11.7 Å². The third kappa shape index (κ3) is 5.27. The number of anilines is 1. The van der Waals surface area contributed by atoms with Gasteiger partial charge in [0.05, 0.1) is 16.2 Å². The molecule has 4 rings (SSSR count). The lowest BCUT2D eigenvalue weighted by Gasteiger charge is -2.37. The molecule has 2 unspecified atom stereocenters. The Balaban J connectivity index is 1.60. The summed E-state index contributed by atoms with van der Waals surface area (Å²) in [4.78, 5) is 31.0. The van der Waals surface area contributed by atoms with Gasteiger partial charge in [-0.1, -0.05) is 49.9 Å². The molecule has 2 atom stereocenters. The van der Waals surface area contributed by atoms with E-state index in [-0.39, 0.29) is 18.4 Å². The van der Waals surface area contributed by atoms with Gasteiger partial charge in [0.15, 0.2) is 0 Å². The predicted octanol–water partition coefficient (Wildman–Crippen LogP) is 5.69. The van der Waals surface area contributed by atoms with Crippen LogP contribution in [0.5, 0.6) is 0 Å². The van der Waals surface area contributed by atoms with Gasteiger partial charge in [-0.25, -0.2) is 0 Å². The summed E-state index contributed by atoms with van der Waals surface area (Å²) in [5.41, 5.74) is 0.418. The predicted molar refractivity (Wildman–Crippen MR) is 124 cm³/mol. The number of carbonyl (C=O) groups is 2. The van der Waals surface area contributed by atoms with E-state index in [1.54, 1.807) is 6.08 Å². The fourth-order valence-corrected chi connectivity index (χ4v) is 5.50. The topological polar surface area (TPSA) is 40.6 Å². The van der Waals surface area contributed by atoms with Gasteiger partial charge in [0.2, 0.25) is 5.91 Å². The molecular formula is C25H25F3N2O2S. The van der Waals surface area contributed by atoms with Gasteiger partial charge in [-0.05, 0) is 54.2 Å². The van der Waals surface area contributed by atoms with Crippen molar-refractivity contribution in [3.63, 3.8) is 0 Å². The van der Waals surface area contributed by atoms with E-state index in [1.807, 2.05) is 29.2 Å². The fraction of sp³-hybridized carbons (Fsp3) is 0.360. The summed E-state index contributed by atoms with van der Waals surface area (Å²) in [6, 6.07) is 12.0. The first-order valence-electron chi connectivity index (χ1n) is 10.9. The molecule has 0 radical (unpaired) electrons. The second kappa shape index (κ2) is 9.25. The zero-order chi connectivity index (χ0) is 23.8. The summed E-state index contributed by atoms with van der Waals surface area (Å²) in [5.74, 6) is 0.392. The number of para-hydroxylation sites is 1. The summed E-state index contributed by atoms with van der Waals surface area (Å²) < 4.78 is 38.6. The van der Waals surface area contributed by atoms with Gasteiger partial charge in [-0.3, -0.25) is 14.5 Å². The van der Waals surface area contributed by atoms with Crippen molar-refractivity contribution in [2.24, 2.45) is 11.8 Å². The highest BCUT2D eigenvalue weighted by atomic mass is 32.2. The summed E-state index contributed by atoms with van der Waals surface area (Å²) in [7, 11) is 0. The number of hydrogen-bond donors (Lipinski definition) is 0. The Kier molecular flexibility index (Phi) is 6.56. The van der Waals surface area contributed by atoms with Crippen molar-refractivity contribution in [2.45, 2.75) is 31.3 Å². The van der Waals surface area contributed by atoms with Crippen molar-refractivity contribution in [1.82, 2.24) is 4.90 Å². The Morgan fingerprint density at radius 2 is 1.70 bits per heavy atom. The highest BCUT2D eigenvalue weighted by Gasteiger charge is 2.34. The molecule has 1 saturated heterocycles. The number of halogens is 3. The van der Waals surface area contributed by atoms with Gasteiger partial charge in [0.1, 0.15) is 6.54 Å². The fourth-order valence-electron chi connectivity index (χ4n) is 4.44. The minimum atomic E-state index is -4.42. The smallest absolute Gasteiger partial charge is 0.341 e. The van der Waals surface area contributed by atoms with Crippen molar-refractivity contribution in [2.75, 3.05) is 24.5 Å². The van der Waals surface area contributed by atoms with Crippen LogP contribution in [-0.4, -0.2) is 36.3 Å². The van der Waals surface area contributed by atoms with Gasteiger partial charge in [-0.2, -0.15) is 13.2 Å². The molecule has 2 aliphatic heterocycles. The van der Waals surface area contributed by atoms with E-state index in [0.29, 0.717) is 41.1 Å². The van der Waals surface area contributed by atoms with E-state index in [4.69, 9.17) is 0 Å². The van der Waals surface area contributed by atoms with Crippen LogP contribution in [0.15, 0.2) is 58.3 Å². The van der Waals surface area contributed by atoms with Crippen LogP contribution in [0.3, 0.4) is 0 Å². The molecular weight excluding hydrogens is 449 g/mol.